The Morgan fingerprint density at radius 3 is 2.45 bits per heavy atom. The van der Waals surface area contributed by atoms with E-state index >= 15 is 0 Å². The van der Waals surface area contributed by atoms with Crippen molar-refractivity contribution in [2.75, 3.05) is 0 Å². The molecule has 4 nitrogen and oxygen atoms in total. The molecule has 0 radical (unpaired) electrons. The average Bonchev–Trinajstić information content (AvgIpc) is 2.85. The van der Waals surface area contributed by atoms with Gasteiger partial charge in [0.2, 0.25) is 0 Å². The Labute approximate surface area is 124 Å². The summed E-state index contributed by atoms with van der Waals surface area (Å²) in [4.78, 5) is 3.85. The molecule has 2 N–H and O–H groups in total. The van der Waals surface area contributed by atoms with E-state index in [-0.39, 0.29) is 5.82 Å². The van der Waals surface area contributed by atoms with Gasteiger partial charge in [-0.15, -0.1) is 0 Å². The van der Waals surface area contributed by atoms with Crippen LogP contribution in [0.3, 0.4) is 0 Å². The van der Waals surface area contributed by atoms with Crippen LogP contribution in [0.15, 0.2) is 35.8 Å². The number of hydrogen-bond acceptors (Lipinski definition) is 3. The highest BCUT2D eigenvalue weighted by molar-refractivity contribution is 6.33. The summed E-state index contributed by atoms with van der Waals surface area (Å²) in [5.41, 5.74) is 8.24. The van der Waals surface area contributed by atoms with Crippen LogP contribution in [-0.2, 0) is 0 Å². The van der Waals surface area contributed by atoms with Crippen LogP contribution < -0.4 is 5.73 Å². The van der Waals surface area contributed by atoms with E-state index < -0.39 is 0 Å². The summed E-state index contributed by atoms with van der Waals surface area (Å²) in [6, 6.07) is 7.53. The van der Waals surface area contributed by atoms with Gasteiger partial charge in [0.1, 0.15) is 5.82 Å². The Morgan fingerprint density at radius 1 is 1.35 bits per heavy atom. The van der Waals surface area contributed by atoms with Crippen LogP contribution in [0.1, 0.15) is 19.4 Å². The second kappa shape index (κ2) is 6.91. The van der Waals surface area contributed by atoms with Crippen LogP contribution in [0.2, 0.25) is 5.02 Å². The number of aromatic nitrogens is 2. The van der Waals surface area contributed by atoms with E-state index in [4.69, 9.17) is 17.3 Å². The molecular formula is C15H19ClN4. The molecule has 20 heavy (non-hydrogen) atoms. The summed E-state index contributed by atoms with van der Waals surface area (Å²) < 4.78 is 1.43. The third kappa shape index (κ3) is 3.27. The van der Waals surface area contributed by atoms with Gasteiger partial charge in [-0.2, -0.15) is 9.78 Å². The van der Waals surface area contributed by atoms with E-state index in [9.17, 15) is 0 Å². The molecule has 0 atom stereocenters. The minimum atomic E-state index is 0.284. The van der Waals surface area contributed by atoms with Crippen molar-refractivity contribution < 1.29 is 0 Å². The van der Waals surface area contributed by atoms with E-state index in [1.807, 2.05) is 39.0 Å². The molecule has 0 bridgehead atoms. The second-order valence-electron chi connectivity index (χ2n) is 3.93. The smallest absolute Gasteiger partial charge is 0.157 e. The SMILES string of the molecule is C=Nc1cc(-c2ccc(C)cc2Cl)nn1C(=C)N.CC. The molecule has 1 heterocycles. The summed E-state index contributed by atoms with van der Waals surface area (Å²) in [5, 5.41) is 4.95. The quantitative estimate of drug-likeness (QED) is 0.859. The Kier molecular flexibility index (Phi) is 5.53. The lowest BCUT2D eigenvalue weighted by molar-refractivity contribution is 0.894. The summed E-state index contributed by atoms with van der Waals surface area (Å²) in [6.07, 6.45) is 0. The van der Waals surface area contributed by atoms with Crippen LogP contribution in [-0.4, -0.2) is 16.5 Å². The number of halogens is 1. The molecular weight excluding hydrogens is 272 g/mol. The van der Waals surface area contributed by atoms with E-state index in [2.05, 4.69) is 23.4 Å². The fraction of sp³-hybridized carbons (Fsp3) is 0.200. The molecule has 0 unspecified atom stereocenters. The number of rotatable bonds is 3. The molecule has 0 aliphatic heterocycles. The zero-order valence-corrected chi connectivity index (χ0v) is 12.8. The average molecular weight is 291 g/mol. The lowest BCUT2D eigenvalue weighted by atomic mass is 10.1. The van der Waals surface area contributed by atoms with Crippen LogP contribution in [0.5, 0.6) is 0 Å². The molecule has 0 aliphatic rings. The maximum atomic E-state index is 6.20. The molecule has 2 rings (SSSR count). The Hall–Kier alpha value is -2.07. The Bertz CT molecular complexity index is 629. The second-order valence-corrected chi connectivity index (χ2v) is 4.34. The molecule has 106 valence electrons. The van der Waals surface area contributed by atoms with Gasteiger partial charge >= 0.3 is 0 Å². The fourth-order valence-corrected chi connectivity index (χ4v) is 1.99. The molecule has 5 heteroatoms. The van der Waals surface area contributed by atoms with Crippen molar-refractivity contribution in [2.24, 2.45) is 10.7 Å². The minimum Gasteiger partial charge on any atom is -0.384 e. The molecule has 2 aromatic rings. The van der Waals surface area contributed by atoms with Crippen LogP contribution in [0.25, 0.3) is 17.1 Å². The lowest BCUT2D eigenvalue weighted by Crippen LogP contribution is -2.05. The summed E-state index contributed by atoms with van der Waals surface area (Å²) in [7, 11) is 0. The van der Waals surface area contributed by atoms with E-state index in [1.54, 1.807) is 6.07 Å². The van der Waals surface area contributed by atoms with E-state index in [0.717, 1.165) is 11.1 Å². The van der Waals surface area contributed by atoms with Crippen molar-refractivity contribution in [2.45, 2.75) is 20.8 Å². The first-order valence-electron chi connectivity index (χ1n) is 6.31. The maximum Gasteiger partial charge on any atom is 0.157 e. The van der Waals surface area contributed by atoms with Gasteiger partial charge in [-0.1, -0.05) is 44.2 Å². The first kappa shape index (κ1) is 16.0. The number of nitrogens with zero attached hydrogens (tertiary/aromatic N) is 3. The molecule has 1 aromatic carbocycles. The van der Waals surface area contributed by atoms with Crippen molar-refractivity contribution in [3.05, 3.63) is 41.4 Å². The number of aliphatic imine (C=N–C) groups is 1. The molecule has 0 aliphatic carbocycles. The van der Waals surface area contributed by atoms with Crippen molar-refractivity contribution in [1.29, 1.82) is 0 Å². The van der Waals surface area contributed by atoms with Gasteiger partial charge in [0.15, 0.2) is 5.82 Å². The van der Waals surface area contributed by atoms with Crippen molar-refractivity contribution in [1.82, 2.24) is 9.78 Å². The molecule has 0 amide bonds. The van der Waals surface area contributed by atoms with Gasteiger partial charge < -0.3 is 5.73 Å². The molecule has 0 spiro atoms. The predicted molar refractivity (Wildman–Crippen MR) is 87.5 cm³/mol. The van der Waals surface area contributed by atoms with Crippen LogP contribution in [0, 0.1) is 6.92 Å². The van der Waals surface area contributed by atoms with E-state index in [0.29, 0.717) is 16.5 Å². The van der Waals surface area contributed by atoms with Gasteiger partial charge in [-0.05, 0) is 25.3 Å². The number of benzene rings is 1. The highest BCUT2D eigenvalue weighted by Gasteiger charge is 2.12. The number of nitrogens with two attached hydrogens (primary N) is 1. The Morgan fingerprint density at radius 2 is 2.00 bits per heavy atom. The van der Waals surface area contributed by atoms with Crippen molar-refractivity contribution in [3.63, 3.8) is 0 Å². The summed E-state index contributed by atoms with van der Waals surface area (Å²) in [6.45, 7) is 13.1. The number of hydrogen-bond donors (Lipinski definition) is 1. The highest BCUT2D eigenvalue weighted by atomic mass is 35.5. The third-order valence-corrected chi connectivity index (χ3v) is 2.84. The van der Waals surface area contributed by atoms with Crippen molar-refractivity contribution >= 4 is 30.0 Å². The topological polar surface area (TPSA) is 56.2 Å². The predicted octanol–water partition coefficient (Wildman–Crippen LogP) is 4.26. The van der Waals surface area contributed by atoms with Gasteiger partial charge in [-0.25, -0.2) is 4.99 Å². The van der Waals surface area contributed by atoms with E-state index in [1.165, 1.54) is 4.68 Å². The normalized spacial score (nSPS) is 9.60. The molecule has 0 fully saturated rings. The van der Waals surface area contributed by atoms with Crippen LogP contribution in [0.4, 0.5) is 5.82 Å². The third-order valence-electron chi connectivity index (χ3n) is 2.53. The molecule has 0 saturated carbocycles. The van der Waals surface area contributed by atoms with Crippen molar-refractivity contribution in [3.8, 4) is 11.3 Å². The monoisotopic (exact) mass is 290 g/mol. The molecule has 0 saturated heterocycles. The number of aryl methyl sites for hydroxylation is 1. The fourth-order valence-electron chi connectivity index (χ4n) is 1.65. The van der Waals surface area contributed by atoms with Gasteiger partial charge in [-0.3, -0.25) is 0 Å². The molecule has 1 aromatic heterocycles. The van der Waals surface area contributed by atoms with Gasteiger partial charge in [0.25, 0.3) is 0 Å². The first-order chi connectivity index (χ1) is 9.52. The highest BCUT2D eigenvalue weighted by Crippen LogP contribution is 2.30. The van der Waals surface area contributed by atoms with Crippen LogP contribution >= 0.6 is 11.6 Å². The minimum absolute atomic E-state index is 0.284. The van der Waals surface area contributed by atoms with Gasteiger partial charge in [0, 0.05) is 11.6 Å². The zero-order chi connectivity index (χ0) is 15.3. The maximum absolute atomic E-state index is 6.20. The summed E-state index contributed by atoms with van der Waals surface area (Å²) in [5.74, 6) is 0.820. The Balaban J connectivity index is 0.000000956. The largest absolute Gasteiger partial charge is 0.384 e. The lowest BCUT2D eigenvalue weighted by Gasteiger charge is -2.02. The summed E-state index contributed by atoms with van der Waals surface area (Å²) >= 11 is 6.20. The van der Waals surface area contributed by atoms with Gasteiger partial charge in [0.05, 0.1) is 10.7 Å². The standard InChI is InChI=1S/C13H13ClN4.C2H6/c1-8-4-5-10(11(14)6-8)12-7-13(16-3)18(17-12)9(2)15;1-2/h4-7H,2-3,15H2,1H3;1-2H3. The first-order valence-corrected chi connectivity index (χ1v) is 6.69. The zero-order valence-electron chi connectivity index (χ0n) is 12.0.